The molecule has 1 N–H and O–H groups in total. The number of ether oxygens (including phenoxy) is 1. The van der Waals surface area contributed by atoms with E-state index in [1.807, 2.05) is 23.9 Å². The first-order valence-corrected chi connectivity index (χ1v) is 7.23. The van der Waals surface area contributed by atoms with E-state index in [0.29, 0.717) is 11.5 Å². The molecule has 126 valence electrons. The molecule has 0 radical (unpaired) electrons. The van der Waals surface area contributed by atoms with E-state index in [9.17, 15) is 13.2 Å². The summed E-state index contributed by atoms with van der Waals surface area (Å²) in [5.74, 6) is -0.0870. The molecule has 0 fully saturated rings. The average molecular weight is 336 g/mol. The molecule has 0 atom stereocenters. The number of alkyl halides is 2. The van der Waals surface area contributed by atoms with Crippen LogP contribution in [0.1, 0.15) is 0 Å². The first kappa shape index (κ1) is 16.1. The van der Waals surface area contributed by atoms with Crippen molar-refractivity contribution in [1.29, 1.82) is 0 Å². The maximum absolute atomic E-state index is 13.5. The molecular formula is C16H15F3N4O. The summed E-state index contributed by atoms with van der Waals surface area (Å²) in [7, 11) is 1.83. The van der Waals surface area contributed by atoms with E-state index >= 15 is 0 Å². The number of hydrogen-bond donors (Lipinski definition) is 1. The van der Waals surface area contributed by atoms with E-state index in [1.54, 1.807) is 0 Å². The number of nitrogens with zero attached hydrogens (tertiary/aromatic N) is 3. The summed E-state index contributed by atoms with van der Waals surface area (Å²) in [6, 6.07) is 5.55. The molecule has 0 saturated carbocycles. The molecule has 0 aliphatic carbocycles. The molecule has 0 saturated heterocycles. The van der Waals surface area contributed by atoms with Gasteiger partial charge in [0, 0.05) is 19.3 Å². The summed E-state index contributed by atoms with van der Waals surface area (Å²) in [5, 5.41) is 3.01. The summed E-state index contributed by atoms with van der Waals surface area (Å²) in [6.45, 7) is -2.02. The SMILES string of the molecule is Cn1ccc2ncnc(Nc3ccc(F)cc3OC(CF)CF)c21. The second-order valence-corrected chi connectivity index (χ2v) is 5.20. The van der Waals surface area contributed by atoms with Gasteiger partial charge in [-0.3, -0.25) is 0 Å². The maximum atomic E-state index is 13.5. The zero-order valence-corrected chi connectivity index (χ0v) is 12.8. The fourth-order valence-corrected chi connectivity index (χ4v) is 2.32. The fraction of sp³-hybridized carbons (Fsp3) is 0.250. The third kappa shape index (κ3) is 3.12. The van der Waals surface area contributed by atoms with Gasteiger partial charge in [0.2, 0.25) is 0 Å². The largest absolute Gasteiger partial charge is 0.483 e. The Balaban J connectivity index is 1.98. The highest BCUT2D eigenvalue weighted by molar-refractivity contribution is 5.88. The zero-order valence-electron chi connectivity index (χ0n) is 12.8. The summed E-state index contributed by atoms with van der Waals surface area (Å²) >= 11 is 0. The van der Waals surface area contributed by atoms with Crippen molar-refractivity contribution in [3.63, 3.8) is 0 Å². The van der Waals surface area contributed by atoms with E-state index in [4.69, 9.17) is 4.74 Å². The lowest BCUT2D eigenvalue weighted by Crippen LogP contribution is -2.21. The molecule has 2 heterocycles. The molecule has 0 aliphatic heterocycles. The molecule has 0 unspecified atom stereocenters. The molecule has 5 nitrogen and oxygen atoms in total. The van der Waals surface area contributed by atoms with Gasteiger partial charge in [0.05, 0.1) is 11.2 Å². The van der Waals surface area contributed by atoms with Gasteiger partial charge in [0.15, 0.2) is 11.9 Å². The minimum absolute atomic E-state index is 0.0104. The highest BCUT2D eigenvalue weighted by Gasteiger charge is 2.15. The highest BCUT2D eigenvalue weighted by atomic mass is 19.1. The van der Waals surface area contributed by atoms with Gasteiger partial charge in [0.25, 0.3) is 0 Å². The predicted molar refractivity (Wildman–Crippen MR) is 84.6 cm³/mol. The van der Waals surface area contributed by atoms with Crippen LogP contribution in [0.2, 0.25) is 0 Å². The molecule has 2 aromatic heterocycles. The Morgan fingerprint density at radius 3 is 2.75 bits per heavy atom. The predicted octanol–water partition coefficient (Wildman–Crippen LogP) is 3.54. The molecule has 8 heteroatoms. The molecule has 0 bridgehead atoms. The number of benzene rings is 1. The van der Waals surface area contributed by atoms with E-state index in [0.717, 1.165) is 17.1 Å². The van der Waals surface area contributed by atoms with Crippen LogP contribution in [0.25, 0.3) is 11.0 Å². The monoisotopic (exact) mass is 336 g/mol. The van der Waals surface area contributed by atoms with E-state index in [1.165, 1.54) is 18.5 Å². The van der Waals surface area contributed by atoms with Crippen molar-refractivity contribution in [3.05, 3.63) is 42.6 Å². The van der Waals surface area contributed by atoms with Crippen molar-refractivity contribution >= 4 is 22.5 Å². The summed E-state index contributed by atoms with van der Waals surface area (Å²) in [6.07, 6.45) is 1.93. The average Bonchev–Trinajstić information content (AvgIpc) is 2.97. The number of hydrogen-bond acceptors (Lipinski definition) is 4. The first-order valence-electron chi connectivity index (χ1n) is 7.23. The number of nitrogens with one attached hydrogen (secondary N) is 1. The lowest BCUT2D eigenvalue weighted by atomic mass is 10.2. The minimum Gasteiger partial charge on any atom is -0.483 e. The standard InChI is InChI=1S/C16H15F3N4O/c1-23-5-4-13-15(23)16(21-9-20-13)22-12-3-2-10(19)6-14(12)24-11(7-17)8-18/h2-6,9,11H,7-8H2,1H3,(H,20,21,22). The Morgan fingerprint density at radius 1 is 1.21 bits per heavy atom. The van der Waals surface area contributed by atoms with Crippen molar-refractivity contribution in [2.24, 2.45) is 7.05 Å². The maximum Gasteiger partial charge on any atom is 0.158 e. The number of aromatic nitrogens is 3. The third-order valence-corrected chi connectivity index (χ3v) is 3.49. The van der Waals surface area contributed by atoms with Crippen LogP contribution in [0.15, 0.2) is 36.8 Å². The minimum atomic E-state index is -1.28. The molecule has 0 amide bonds. The number of anilines is 2. The zero-order chi connectivity index (χ0) is 17.1. The van der Waals surface area contributed by atoms with Crippen LogP contribution in [0.4, 0.5) is 24.7 Å². The lowest BCUT2D eigenvalue weighted by molar-refractivity contribution is 0.134. The van der Waals surface area contributed by atoms with Crippen LogP contribution in [0.3, 0.4) is 0 Å². The highest BCUT2D eigenvalue weighted by Crippen LogP contribution is 2.31. The second-order valence-electron chi connectivity index (χ2n) is 5.20. The molecule has 0 spiro atoms. The van der Waals surface area contributed by atoms with Crippen molar-refractivity contribution < 1.29 is 17.9 Å². The first-order chi connectivity index (χ1) is 11.6. The number of aryl methyl sites for hydroxylation is 1. The summed E-state index contributed by atoms with van der Waals surface area (Å²) in [5.41, 5.74) is 1.81. The van der Waals surface area contributed by atoms with Gasteiger partial charge >= 0.3 is 0 Å². The number of halogens is 3. The molecule has 3 aromatic rings. The van der Waals surface area contributed by atoms with Gasteiger partial charge in [-0.1, -0.05) is 0 Å². The fourth-order valence-electron chi connectivity index (χ4n) is 2.32. The van der Waals surface area contributed by atoms with Crippen LogP contribution < -0.4 is 10.1 Å². The van der Waals surface area contributed by atoms with Crippen molar-refractivity contribution in [1.82, 2.24) is 14.5 Å². The number of rotatable bonds is 6. The normalized spacial score (nSPS) is 11.2. The Labute approximate surface area is 136 Å². The summed E-state index contributed by atoms with van der Waals surface area (Å²) in [4.78, 5) is 8.33. The van der Waals surface area contributed by atoms with Crippen LogP contribution in [0.5, 0.6) is 5.75 Å². The molecule has 3 rings (SSSR count). The van der Waals surface area contributed by atoms with E-state index in [2.05, 4.69) is 15.3 Å². The van der Waals surface area contributed by atoms with Crippen LogP contribution in [-0.4, -0.2) is 34.0 Å². The Bertz CT molecular complexity index is 848. The molecule has 24 heavy (non-hydrogen) atoms. The lowest BCUT2D eigenvalue weighted by Gasteiger charge is -2.17. The van der Waals surface area contributed by atoms with E-state index < -0.39 is 25.3 Å². The van der Waals surface area contributed by atoms with Crippen LogP contribution in [0, 0.1) is 5.82 Å². The van der Waals surface area contributed by atoms with Gasteiger partial charge in [0.1, 0.15) is 36.8 Å². The van der Waals surface area contributed by atoms with Crippen LogP contribution in [-0.2, 0) is 7.05 Å². The van der Waals surface area contributed by atoms with Crippen molar-refractivity contribution in [2.45, 2.75) is 6.10 Å². The second kappa shape index (κ2) is 6.77. The van der Waals surface area contributed by atoms with Gasteiger partial charge in [-0.25, -0.2) is 23.1 Å². The molecule has 1 aromatic carbocycles. The number of fused-ring (bicyclic) bond motifs is 1. The van der Waals surface area contributed by atoms with Crippen LogP contribution >= 0.6 is 0 Å². The Kier molecular flexibility index (Phi) is 4.54. The van der Waals surface area contributed by atoms with Gasteiger partial charge in [-0.15, -0.1) is 0 Å². The quantitative estimate of drug-likeness (QED) is 0.748. The molecule has 0 aliphatic rings. The third-order valence-electron chi connectivity index (χ3n) is 3.49. The van der Waals surface area contributed by atoms with Crippen molar-refractivity contribution in [2.75, 3.05) is 18.7 Å². The van der Waals surface area contributed by atoms with Gasteiger partial charge in [-0.2, -0.15) is 0 Å². The van der Waals surface area contributed by atoms with E-state index in [-0.39, 0.29) is 5.75 Å². The Morgan fingerprint density at radius 2 is 2.00 bits per heavy atom. The van der Waals surface area contributed by atoms with Crippen molar-refractivity contribution in [3.8, 4) is 5.75 Å². The Hall–Kier alpha value is -2.77. The molecular weight excluding hydrogens is 321 g/mol. The summed E-state index contributed by atoms with van der Waals surface area (Å²) < 4.78 is 46.0. The van der Waals surface area contributed by atoms with Gasteiger partial charge in [-0.05, 0) is 18.2 Å². The topological polar surface area (TPSA) is 52.0 Å². The smallest absolute Gasteiger partial charge is 0.158 e. The van der Waals surface area contributed by atoms with Gasteiger partial charge < -0.3 is 14.6 Å².